The summed E-state index contributed by atoms with van der Waals surface area (Å²) in [5.74, 6) is 0. The van der Waals surface area contributed by atoms with E-state index in [1.165, 1.54) is 24.1 Å². The Labute approximate surface area is 133 Å². The Balaban J connectivity index is 3.00. The number of anilines is 1. The molecule has 2 nitrogen and oxygen atoms in total. The predicted molar refractivity (Wildman–Crippen MR) is 93.6 cm³/mol. The van der Waals surface area contributed by atoms with E-state index >= 15 is 0 Å². The molecule has 0 amide bonds. The standard InChI is InChI=1S/C17H29BrN2/c1-6-8-13(3)20(5)17-12-15(18)9-10-16(17)14(4)19-11-7-2/h9-10,12-14,19H,6-8,11H2,1-5H3. The number of benzene rings is 1. The van der Waals surface area contributed by atoms with Gasteiger partial charge in [-0.2, -0.15) is 0 Å². The summed E-state index contributed by atoms with van der Waals surface area (Å²) in [6, 6.07) is 7.56. The number of hydrogen-bond donors (Lipinski definition) is 1. The van der Waals surface area contributed by atoms with Crippen LogP contribution in [-0.4, -0.2) is 19.6 Å². The Morgan fingerprint density at radius 2 is 1.90 bits per heavy atom. The van der Waals surface area contributed by atoms with E-state index in [4.69, 9.17) is 0 Å². The van der Waals surface area contributed by atoms with Gasteiger partial charge in [0.2, 0.25) is 0 Å². The molecule has 0 aromatic heterocycles. The zero-order valence-electron chi connectivity index (χ0n) is 13.5. The number of nitrogens with one attached hydrogen (secondary N) is 1. The Hall–Kier alpha value is -0.540. The first-order valence-corrected chi connectivity index (χ1v) is 8.56. The smallest absolute Gasteiger partial charge is 0.0425 e. The molecule has 2 atom stereocenters. The van der Waals surface area contributed by atoms with Crippen molar-refractivity contribution in [3.8, 4) is 0 Å². The van der Waals surface area contributed by atoms with Crippen LogP contribution in [-0.2, 0) is 0 Å². The molecule has 20 heavy (non-hydrogen) atoms. The second-order valence-corrected chi connectivity index (χ2v) is 6.54. The zero-order valence-corrected chi connectivity index (χ0v) is 15.1. The van der Waals surface area contributed by atoms with E-state index in [2.05, 4.69) is 79.1 Å². The van der Waals surface area contributed by atoms with Crippen molar-refractivity contribution < 1.29 is 0 Å². The maximum absolute atomic E-state index is 3.61. The van der Waals surface area contributed by atoms with Crippen LogP contribution in [0.5, 0.6) is 0 Å². The van der Waals surface area contributed by atoms with Crippen molar-refractivity contribution in [1.29, 1.82) is 0 Å². The van der Waals surface area contributed by atoms with Crippen molar-refractivity contribution in [3.63, 3.8) is 0 Å². The minimum Gasteiger partial charge on any atom is -0.372 e. The minimum atomic E-state index is 0.384. The van der Waals surface area contributed by atoms with Crippen molar-refractivity contribution in [2.24, 2.45) is 0 Å². The highest BCUT2D eigenvalue weighted by molar-refractivity contribution is 9.10. The van der Waals surface area contributed by atoms with Gasteiger partial charge >= 0.3 is 0 Å². The maximum atomic E-state index is 3.61. The summed E-state index contributed by atoms with van der Waals surface area (Å²) in [5, 5.41) is 3.59. The quantitative estimate of drug-likeness (QED) is 0.705. The molecule has 0 saturated heterocycles. The molecule has 0 aliphatic rings. The van der Waals surface area contributed by atoms with Gasteiger partial charge in [-0.25, -0.2) is 0 Å². The van der Waals surface area contributed by atoms with Crippen molar-refractivity contribution in [2.75, 3.05) is 18.5 Å². The molecule has 0 spiro atoms. The molecule has 2 unspecified atom stereocenters. The van der Waals surface area contributed by atoms with Gasteiger partial charge in [0.1, 0.15) is 0 Å². The molecule has 0 aliphatic heterocycles. The van der Waals surface area contributed by atoms with Crippen LogP contribution in [0.25, 0.3) is 0 Å². The highest BCUT2D eigenvalue weighted by atomic mass is 79.9. The second kappa shape index (κ2) is 8.68. The van der Waals surface area contributed by atoms with E-state index in [0.29, 0.717) is 12.1 Å². The van der Waals surface area contributed by atoms with Crippen LogP contribution >= 0.6 is 15.9 Å². The van der Waals surface area contributed by atoms with E-state index < -0.39 is 0 Å². The molecule has 0 fully saturated rings. The van der Waals surface area contributed by atoms with Gasteiger partial charge in [0.05, 0.1) is 0 Å². The second-order valence-electron chi connectivity index (χ2n) is 5.63. The highest BCUT2D eigenvalue weighted by Crippen LogP contribution is 2.30. The van der Waals surface area contributed by atoms with E-state index in [1.54, 1.807) is 0 Å². The summed E-state index contributed by atoms with van der Waals surface area (Å²) in [6.45, 7) is 10.1. The number of nitrogens with zero attached hydrogens (tertiary/aromatic N) is 1. The van der Waals surface area contributed by atoms with Crippen LogP contribution in [0.2, 0.25) is 0 Å². The van der Waals surface area contributed by atoms with Crippen LogP contribution in [0.4, 0.5) is 5.69 Å². The molecule has 1 N–H and O–H groups in total. The molecular weight excluding hydrogens is 312 g/mol. The lowest BCUT2D eigenvalue weighted by atomic mass is 10.0. The third kappa shape index (κ3) is 4.78. The van der Waals surface area contributed by atoms with Crippen LogP contribution in [0.15, 0.2) is 22.7 Å². The predicted octanol–water partition coefficient (Wildman–Crippen LogP) is 5.13. The maximum Gasteiger partial charge on any atom is 0.0425 e. The van der Waals surface area contributed by atoms with Gasteiger partial charge in [-0.05, 0) is 50.9 Å². The van der Waals surface area contributed by atoms with E-state index in [9.17, 15) is 0 Å². The van der Waals surface area contributed by atoms with Gasteiger partial charge in [-0.15, -0.1) is 0 Å². The summed E-state index contributed by atoms with van der Waals surface area (Å²) in [5.41, 5.74) is 2.71. The Morgan fingerprint density at radius 1 is 1.20 bits per heavy atom. The monoisotopic (exact) mass is 340 g/mol. The van der Waals surface area contributed by atoms with E-state index in [1.807, 2.05) is 0 Å². The van der Waals surface area contributed by atoms with Crippen molar-refractivity contribution in [3.05, 3.63) is 28.2 Å². The molecule has 114 valence electrons. The Kier molecular flexibility index (Phi) is 7.60. The van der Waals surface area contributed by atoms with E-state index in [0.717, 1.165) is 17.4 Å². The van der Waals surface area contributed by atoms with Gasteiger partial charge in [0.15, 0.2) is 0 Å². The van der Waals surface area contributed by atoms with Crippen LogP contribution in [0.1, 0.15) is 58.6 Å². The topological polar surface area (TPSA) is 15.3 Å². The first-order chi connectivity index (χ1) is 9.51. The molecule has 1 aromatic carbocycles. The number of halogens is 1. The average Bonchev–Trinajstić information content (AvgIpc) is 2.44. The lowest BCUT2D eigenvalue weighted by Crippen LogP contribution is -2.31. The summed E-state index contributed by atoms with van der Waals surface area (Å²) >= 11 is 3.61. The minimum absolute atomic E-state index is 0.384. The lowest BCUT2D eigenvalue weighted by Gasteiger charge is -2.31. The highest BCUT2D eigenvalue weighted by Gasteiger charge is 2.16. The lowest BCUT2D eigenvalue weighted by molar-refractivity contribution is 0.563. The average molecular weight is 341 g/mol. The largest absolute Gasteiger partial charge is 0.372 e. The first kappa shape index (κ1) is 17.5. The first-order valence-electron chi connectivity index (χ1n) is 7.76. The third-order valence-corrected chi connectivity index (χ3v) is 4.40. The number of hydrogen-bond acceptors (Lipinski definition) is 2. The fraction of sp³-hybridized carbons (Fsp3) is 0.647. The molecular formula is C17H29BrN2. The molecule has 0 heterocycles. The summed E-state index contributed by atoms with van der Waals surface area (Å²) < 4.78 is 1.15. The third-order valence-electron chi connectivity index (χ3n) is 3.91. The molecule has 0 bridgehead atoms. The fourth-order valence-corrected chi connectivity index (χ4v) is 2.86. The molecule has 0 aliphatic carbocycles. The van der Waals surface area contributed by atoms with Crippen LogP contribution in [0, 0.1) is 0 Å². The number of rotatable bonds is 8. The van der Waals surface area contributed by atoms with Crippen molar-refractivity contribution in [1.82, 2.24) is 5.32 Å². The van der Waals surface area contributed by atoms with Gasteiger partial charge in [-0.1, -0.05) is 42.3 Å². The normalized spacial score (nSPS) is 14.1. The van der Waals surface area contributed by atoms with Gasteiger partial charge in [0.25, 0.3) is 0 Å². The van der Waals surface area contributed by atoms with Crippen molar-refractivity contribution >= 4 is 21.6 Å². The SMILES string of the molecule is CCCNC(C)c1ccc(Br)cc1N(C)C(C)CCC. The zero-order chi connectivity index (χ0) is 15.1. The van der Waals surface area contributed by atoms with Gasteiger partial charge in [0, 0.05) is 29.3 Å². The van der Waals surface area contributed by atoms with Gasteiger partial charge in [-0.3, -0.25) is 0 Å². The summed E-state index contributed by atoms with van der Waals surface area (Å²) in [7, 11) is 2.21. The molecule has 1 aromatic rings. The molecule has 0 radical (unpaired) electrons. The summed E-state index contributed by atoms with van der Waals surface area (Å²) in [6.07, 6.45) is 3.61. The molecule has 1 rings (SSSR count). The van der Waals surface area contributed by atoms with Crippen molar-refractivity contribution in [2.45, 2.75) is 59.0 Å². The Bertz CT molecular complexity index is 406. The summed E-state index contributed by atoms with van der Waals surface area (Å²) in [4.78, 5) is 2.41. The van der Waals surface area contributed by atoms with Gasteiger partial charge < -0.3 is 10.2 Å². The van der Waals surface area contributed by atoms with Crippen LogP contribution in [0.3, 0.4) is 0 Å². The fourth-order valence-electron chi connectivity index (χ4n) is 2.51. The van der Waals surface area contributed by atoms with Crippen LogP contribution < -0.4 is 10.2 Å². The molecule has 0 saturated carbocycles. The van der Waals surface area contributed by atoms with E-state index in [-0.39, 0.29) is 0 Å². The molecule has 3 heteroatoms. The Morgan fingerprint density at radius 3 is 2.50 bits per heavy atom.